The topological polar surface area (TPSA) is 29.3 Å². The second-order valence-electron chi connectivity index (χ2n) is 5.06. The van der Waals surface area contributed by atoms with Crippen molar-refractivity contribution in [3.8, 4) is 0 Å². The maximum atomic E-state index is 13.5. The fourth-order valence-corrected chi connectivity index (χ4v) is 2.95. The van der Waals surface area contributed by atoms with Crippen molar-refractivity contribution < 1.29 is 4.39 Å². The van der Waals surface area contributed by atoms with Crippen molar-refractivity contribution in [1.82, 2.24) is 14.7 Å². The molecule has 3 nitrogen and oxygen atoms in total. The predicted octanol–water partition coefficient (Wildman–Crippen LogP) is 2.71. The molecular weight excluding hydrogens is 253 g/mol. The van der Waals surface area contributed by atoms with Crippen LogP contribution in [0.15, 0.2) is 48.7 Å². The lowest BCUT2D eigenvalue weighted by molar-refractivity contribution is 0.542. The fourth-order valence-electron chi connectivity index (χ4n) is 2.95. The number of nitrogens with zero attached hydrogens (tertiary/aromatic N) is 2. The van der Waals surface area contributed by atoms with Gasteiger partial charge in [-0.05, 0) is 29.8 Å². The summed E-state index contributed by atoms with van der Waals surface area (Å²) in [5.41, 5.74) is 4.11. The van der Waals surface area contributed by atoms with Crippen molar-refractivity contribution in [2.75, 3.05) is 6.54 Å². The zero-order valence-corrected chi connectivity index (χ0v) is 10.9. The van der Waals surface area contributed by atoms with E-state index >= 15 is 0 Å². The first-order chi connectivity index (χ1) is 9.83. The van der Waals surface area contributed by atoms with Crippen LogP contribution in [-0.4, -0.2) is 15.9 Å². The second-order valence-corrected chi connectivity index (χ2v) is 5.06. The van der Waals surface area contributed by atoms with Gasteiger partial charge < -0.3 is 9.72 Å². The number of nitrogens with one attached hydrogen (secondary N) is 1. The van der Waals surface area contributed by atoms with Crippen LogP contribution in [0.2, 0.25) is 0 Å². The van der Waals surface area contributed by atoms with Crippen LogP contribution in [0.4, 0.5) is 4.39 Å². The summed E-state index contributed by atoms with van der Waals surface area (Å²) < 4.78 is 15.6. The molecule has 20 heavy (non-hydrogen) atoms. The number of fused-ring (bicyclic) bond motifs is 3. The summed E-state index contributed by atoms with van der Waals surface area (Å²) >= 11 is 0. The third-order valence-electron chi connectivity index (χ3n) is 3.81. The smallest absolute Gasteiger partial charge is 0.137 e. The Balaban J connectivity index is 1.93. The molecule has 1 unspecified atom stereocenters. The summed E-state index contributed by atoms with van der Waals surface area (Å²) in [7, 11) is 0. The van der Waals surface area contributed by atoms with Crippen molar-refractivity contribution in [1.29, 1.82) is 0 Å². The minimum absolute atomic E-state index is 0.00755. The van der Waals surface area contributed by atoms with Crippen LogP contribution in [-0.2, 0) is 6.42 Å². The van der Waals surface area contributed by atoms with Gasteiger partial charge in [0, 0.05) is 19.2 Å². The van der Waals surface area contributed by atoms with E-state index < -0.39 is 0 Å². The number of hydrogen-bond acceptors (Lipinski definition) is 2. The molecule has 0 saturated heterocycles. The van der Waals surface area contributed by atoms with Gasteiger partial charge >= 0.3 is 0 Å². The SMILES string of the molecule is Fc1cccc(C2NCCc3nc4ccccn4c32)c1. The minimum atomic E-state index is -0.203. The highest BCUT2D eigenvalue weighted by Crippen LogP contribution is 2.29. The first-order valence-electron chi connectivity index (χ1n) is 6.77. The predicted molar refractivity (Wildman–Crippen MR) is 75.1 cm³/mol. The zero-order chi connectivity index (χ0) is 13.5. The molecule has 100 valence electrons. The fraction of sp³-hybridized carbons (Fsp3) is 0.188. The Morgan fingerprint density at radius 2 is 2.15 bits per heavy atom. The van der Waals surface area contributed by atoms with Crippen LogP contribution in [0, 0.1) is 5.82 Å². The van der Waals surface area contributed by atoms with E-state index in [0.717, 1.165) is 35.6 Å². The number of imidazole rings is 1. The number of rotatable bonds is 1. The molecule has 1 aliphatic heterocycles. The Bertz CT molecular complexity index is 778. The Hall–Kier alpha value is -2.20. The van der Waals surface area contributed by atoms with Gasteiger partial charge in [0.2, 0.25) is 0 Å². The van der Waals surface area contributed by atoms with Crippen LogP contribution in [0.25, 0.3) is 5.65 Å². The molecule has 1 atom stereocenters. The van der Waals surface area contributed by atoms with Gasteiger partial charge in [0.1, 0.15) is 11.5 Å². The van der Waals surface area contributed by atoms with Gasteiger partial charge in [0.25, 0.3) is 0 Å². The van der Waals surface area contributed by atoms with Crippen molar-refractivity contribution in [3.05, 3.63) is 71.4 Å². The van der Waals surface area contributed by atoms with Gasteiger partial charge in [-0.3, -0.25) is 0 Å². The lowest BCUT2D eigenvalue weighted by Gasteiger charge is -2.24. The summed E-state index contributed by atoms with van der Waals surface area (Å²) in [4.78, 5) is 4.68. The molecule has 0 spiro atoms. The molecule has 0 bridgehead atoms. The molecule has 1 N–H and O–H groups in total. The molecule has 0 saturated carbocycles. The van der Waals surface area contributed by atoms with Gasteiger partial charge in [-0.15, -0.1) is 0 Å². The number of aromatic nitrogens is 2. The molecule has 3 aromatic rings. The van der Waals surface area contributed by atoms with E-state index in [-0.39, 0.29) is 11.9 Å². The van der Waals surface area contributed by atoms with E-state index in [1.807, 2.05) is 30.5 Å². The first kappa shape index (κ1) is 11.6. The Kier molecular flexibility index (Phi) is 2.57. The summed E-state index contributed by atoms with van der Waals surface area (Å²) in [5, 5.41) is 3.47. The van der Waals surface area contributed by atoms with Gasteiger partial charge in [-0.2, -0.15) is 0 Å². The molecule has 4 rings (SSSR count). The van der Waals surface area contributed by atoms with Gasteiger partial charge in [-0.1, -0.05) is 18.2 Å². The molecule has 0 aliphatic carbocycles. The number of hydrogen-bond donors (Lipinski definition) is 1. The van der Waals surface area contributed by atoms with Crippen LogP contribution >= 0.6 is 0 Å². The normalized spacial score (nSPS) is 18.1. The molecule has 1 aromatic carbocycles. The lowest BCUT2D eigenvalue weighted by atomic mass is 9.98. The van der Waals surface area contributed by atoms with Crippen molar-refractivity contribution in [2.45, 2.75) is 12.5 Å². The molecule has 1 aliphatic rings. The van der Waals surface area contributed by atoms with E-state index in [9.17, 15) is 4.39 Å². The van der Waals surface area contributed by atoms with E-state index in [1.54, 1.807) is 12.1 Å². The second kappa shape index (κ2) is 4.42. The van der Waals surface area contributed by atoms with Gasteiger partial charge in [0.15, 0.2) is 0 Å². The largest absolute Gasteiger partial charge is 0.305 e. The summed E-state index contributed by atoms with van der Waals surface area (Å²) in [6.07, 6.45) is 2.92. The summed E-state index contributed by atoms with van der Waals surface area (Å²) in [6.45, 7) is 0.859. The lowest BCUT2D eigenvalue weighted by Crippen LogP contribution is -2.31. The summed E-state index contributed by atoms with van der Waals surface area (Å²) in [6, 6.07) is 12.7. The number of pyridine rings is 1. The van der Waals surface area contributed by atoms with Crippen molar-refractivity contribution in [2.24, 2.45) is 0 Å². The summed E-state index contributed by atoms with van der Waals surface area (Å²) in [5.74, 6) is -0.203. The van der Waals surface area contributed by atoms with Crippen molar-refractivity contribution in [3.63, 3.8) is 0 Å². The monoisotopic (exact) mass is 267 g/mol. The molecule has 4 heteroatoms. The quantitative estimate of drug-likeness (QED) is 0.734. The number of benzene rings is 1. The Morgan fingerprint density at radius 3 is 3.05 bits per heavy atom. The third-order valence-corrected chi connectivity index (χ3v) is 3.81. The molecule has 2 aromatic heterocycles. The zero-order valence-electron chi connectivity index (χ0n) is 10.9. The number of halogens is 1. The van der Waals surface area contributed by atoms with Crippen LogP contribution in [0.1, 0.15) is 23.0 Å². The van der Waals surface area contributed by atoms with Gasteiger partial charge in [0.05, 0.1) is 17.4 Å². The highest BCUT2D eigenvalue weighted by atomic mass is 19.1. The maximum absolute atomic E-state index is 13.5. The molecule has 3 heterocycles. The molecule has 0 amide bonds. The van der Waals surface area contributed by atoms with Crippen LogP contribution < -0.4 is 5.32 Å². The minimum Gasteiger partial charge on any atom is -0.305 e. The van der Waals surface area contributed by atoms with E-state index in [4.69, 9.17) is 0 Å². The average molecular weight is 267 g/mol. The van der Waals surface area contributed by atoms with Crippen LogP contribution in [0.3, 0.4) is 0 Å². The first-order valence-corrected chi connectivity index (χ1v) is 6.77. The Labute approximate surface area is 116 Å². The Morgan fingerprint density at radius 1 is 1.20 bits per heavy atom. The highest BCUT2D eigenvalue weighted by molar-refractivity contribution is 5.47. The van der Waals surface area contributed by atoms with Crippen LogP contribution in [0.5, 0.6) is 0 Å². The van der Waals surface area contributed by atoms with E-state index in [1.165, 1.54) is 6.07 Å². The highest BCUT2D eigenvalue weighted by Gasteiger charge is 2.26. The molecule has 0 fully saturated rings. The van der Waals surface area contributed by atoms with Crippen molar-refractivity contribution >= 4 is 5.65 Å². The molecular formula is C16H14FN3. The van der Waals surface area contributed by atoms with E-state index in [2.05, 4.69) is 14.7 Å². The standard InChI is InChI=1S/C16H14FN3/c17-12-5-3-4-11(10-12)15-16-13(7-8-18-15)19-14-6-1-2-9-20(14)16/h1-6,9-10,15,18H,7-8H2. The van der Waals surface area contributed by atoms with E-state index in [0.29, 0.717) is 0 Å². The average Bonchev–Trinajstić information content (AvgIpc) is 2.85. The third kappa shape index (κ3) is 1.72. The van der Waals surface area contributed by atoms with Gasteiger partial charge in [-0.25, -0.2) is 9.37 Å². The maximum Gasteiger partial charge on any atom is 0.137 e. The molecule has 0 radical (unpaired) electrons.